The van der Waals surface area contributed by atoms with Crippen LogP contribution in [0.5, 0.6) is 11.5 Å². The first-order valence-corrected chi connectivity index (χ1v) is 9.02. The molecule has 0 bridgehead atoms. The molecule has 4 rings (SSSR count). The minimum absolute atomic E-state index is 0.0273. The second-order valence-corrected chi connectivity index (χ2v) is 6.59. The number of hydrogen-bond acceptors (Lipinski definition) is 6. The smallest absolute Gasteiger partial charge is 0.465 e. The Hall–Kier alpha value is -3.47. The number of nitrogens with two attached hydrogens (primary N) is 1. The molecule has 0 aliphatic carbocycles. The van der Waals surface area contributed by atoms with Gasteiger partial charge in [-0.2, -0.15) is 0 Å². The second kappa shape index (κ2) is 8.91. The molecular formula is C19H20F2N4O5. The molecule has 11 heteroatoms. The molecule has 2 aliphatic heterocycles. The van der Waals surface area contributed by atoms with Crippen LogP contribution in [0.2, 0.25) is 0 Å². The molecule has 30 heavy (non-hydrogen) atoms. The largest absolute Gasteiger partial charge is 0.586 e. The number of piperazine rings is 1. The van der Waals surface area contributed by atoms with Crippen molar-refractivity contribution in [2.24, 2.45) is 5.73 Å². The lowest BCUT2D eigenvalue weighted by Gasteiger charge is -2.33. The number of carbonyl (C=O) groups excluding carboxylic acids is 1. The molecule has 9 nitrogen and oxygen atoms in total. The maximum Gasteiger partial charge on any atom is 0.586 e. The lowest BCUT2D eigenvalue weighted by molar-refractivity contribution is -0.286. The Morgan fingerprint density at radius 1 is 1.07 bits per heavy atom. The molecule has 0 spiro atoms. The van der Waals surface area contributed by atoms with Crippen molar-refractivity contribution in [2.45, 2.75) is 12.8 Å². The zero-order valence-corrected chi connectivity index (χ0v) is 15.8. The third-order valence-corrected chi connectivity index (χ3v) is 4.48. The minimum atomic E-state index is -3.60. The first-order chi connectivity index (χ1) is 14.2. The molecule has 1 fully saturated rings. The van der Waals surface area contributed by atoms with Crippen LogP contribution in [0.1, 0.15) is 15.9 Å². The van der Waals surface area contributed by atoms with Crippen molar-refractivity contribution < 1.29 is 33.0 Å². The fourth-order valence-corrected chi connectivity index (χ4v) is 2.96. The normalized spacial score (nSPS) is 17.1. The van der Waals surface area contributed by atoms with Crippen molar-refractivity contribution in [3.63, 3.8) is 0 Å². The summed E-state index contributed by atoms with van der Waals surface area (Å²) < 4.78 is 34.6. The van der Waals surface area contributed by atoms with Crippen molar-refractivity contribution in [1.29, 1.82) is 0 Å². The first-order valence-electron chi connectivity index (χ1n) is 9.02. The fraction of sp³-hybridized carbons (Fsp3) is 0.316. The molecule has 0 saturated carbocycles. The molecule has 160 valence electrons. The number of nitrogens with zero attached hydrogens (tertiary/aromatic N) is 3. The summed E-state index contributed by atoms with van der Waals surface area (Å²) in [4.78, 5) is 28.4. The Morgan fingerprint density at radius 2 is 1.70 bits per heavy atom. The van der Waals surface area contributed by atoms with E-state index in [1.54, 1.807) is 18.2 Å². The van der Waals surface area contributed by atoms with Gasteiger partial charge in [-0.1, -0.05) is 6.07 Å². The quantitative estimate of drug-likeness (QED) is 0.777. The van der Waals surface area contributed by atoms with E-state index in [9.17, 15) is 18.4 Å². The Balaban J connectivity index is 0.000000239. The maximum absolute atomic E-state index is 12.9. The number of ether oxygens (including phenoxy) is 2. The van der Waals surface area contributed by atoms with E-state index in [1.807, 2.05) is 0 Å². The summed E-state index contributed by atoms with van der Waals surface area (Å²) in [5.41, 5.74) is 6.26. The van der Waals surface area contributed by atoms with E-state index in [1.165, 1.54) is 29.4 Å². The number of fused-ring (bicyclic) bond motifs is 1. The van der Waals surface area contributed by atoms with Crippen LogP contribution in [-0.2, 0) is 6.54 Å². The minimum Gasteiger partial charge on any atom is -0.465 e. The highest BCUT2D eigenvalue weighted by molar-refractivity contribution is 5.92. The highest BCUT2D eigenvalue weighted by atomic mass is 19.3. The number of hydrogen-bond donors (Lipinski definition) is 2. The molecule has 1 aromatic heterocycles. The summed E-state index contributed by atoms with van der Waals surface area (Å²) in [5, 5.41) is 8.88. The van der Waals surface area contributed by atoms with Gasteiger partial charge in [0.15, 0.2) is 11.5 Å². The molecule has 0 unspecified atom stereocenters. The van der Waals surface area contributed by atoms with Gasteiger partial charge in [0.05, 0.1) is 0 Å². The van der Waals surface area contributed by atoms with Crippen LogP contribution < -0.4 is 15.2 Å². The van der Waals surface area contributed by atoms with Crippen LogP contribution in [0.15, 0.2) is 42.7 Å². The molecule has 3 N–H and O–H groups in total. The van der Waals surface area contributed by atoms with E-state index in [0.717, 1.165) is 5.56 Å². The first kappa shape index (κ1) is 21.2. The Morgan fingerprint density at radius 3 is 2.27 bits per heavy atom. The van der Waals surface area contributed by atoms with Gasteiger partial charge in [-0.15, -0.1) is 8.78 Å². The van der Waals surface area contributed by atoms with Gasteiger partial charge in [0, 0.05) is 50.7 Å². The number of primary amides is 1. The van der Waals surface area contributed by atoms with Gasteiger partial charge in [0.1, 0.15) is 0 Å². The highest BCUT2D eigenvalue weighted by Crippen LogP contribution is 2.41. The van der Waals surface area contributed by atoms with Crippen molar-refractivity contribution in [2.75, 3.05) is 26.2 Å². The van der Waals surface area contributed by atoms with E-state index in [-0.39, 0.29) is 11.5 Å². The summed E-state index contributed by atoms with van der Waals surface area (Å²) >= 11 is 0. The van der Waals surface area contributed by atoms with Crippen LogP contribution in [0, 0.1) is 0 Å². The molecule has 1 aromatic carbocycles. The van der Waals surface area contributed by atoms with Crippen LogP contribution in [0.3, 0.4) is 0 Å². The Kier molecular flexibility index (Phi) is 6.31. The van der Waals surface area contributed by atoms with Crippen molar-refractivity contribution in [3.8, 4) is 11.5 Å². The lowest BCUT2D eigenvalue weighted by Crippen LogP contribution is -2.47. The zero-order chi connectivity index (χ0) is 21.7. The zero-order valence-electron chi connectivity index (χ0n) is 15.8. The average molecular weight is 422 g/mol. The van der Waals surface area contributed by atoms with Crippen molar-refractivity contribution >= 4 is 12.0 Å². The summed E-state index contributed by atoms with van der Waals surface area (Å²) in [6.07, 6.45) is -1.46. The van der Waals surface area contributed by atoms with Crippen LogP contribution in [-0.4, -0.2) is 64.4 Å². The molecular weight excluding hydrogens is 402 g/mol. The van der Waals surface area contributed by atoms with Crippen LogP contribution >= 0.6 is 0 Å². The van der Waals surface area contributed by atoms with Crippen molar-refractivity contribution in [3.05, 3.63) is 53.9 Å². The molecule has 3 heterocycles. The second-order valence-electron chi connectivity index (χ2n) is 6.59. The number of alkyl halides is 2. The van der Waals surface area contributed by atoms with E-state index in [4.69, 9.17) is 10.8 Å². The number of aromatic nitrogens is 1. The number of benzene rings is 1. The predicted octanol–water partition coefficient (Wildman–Crippen LogP) is 1.98. The van der Waals surface area contributed by atoms with E-state index in [0.29, 0.717) is 38.3 Å². The maximum atomic E-state index is 12.9. The number of carbonyl (C=O) groups is 2. The molecule has 2 aromatic rings. The average Bonchev–Trinajstić information content (AvgIpc) is 3.02. The van der Waals surface area contributed by atoms with Crippen LogP contribution in [0.4, 0.5) is 13.6 Å². The molecule has 0 radical (unpaired) electrons. The SMILES string of the molecule is NC(=O)c1ccncc1.O=C(O)N1CCN(Cc2ccc3c(c2)OC(F)(F)O3)CC1. The predicted molar refractivity (Wildman–Crippen MR) is 100 cm³/mol. The van der Waals surface area contributed by atoms with Gasteiger partial charge >= 0.3 is 12.4 Å². The monoisotopic (exact) mass is 422 g/mol. The number of amides is 2. The lowest BCUT2D eigenvalue weighted by atomic mass is 10.1. The Bertz CT molecular complexity index is 905. The summed E-state index contributed by atoms with van der Waals surface area (Å²) in [7, 11) is 0. The van der Waals surface area contributed by atoms with Crippen LogP contribution in [0.25, 0.3) is 0 Å². The summed E-state index contributed by atoms with van der Waals surface area (Å²) in [6, 6.07) is 7.83. The third kappa shape index (κ3) is 5.54. The molecule has 2 amide bonds. The van der Waals surface area contributed by atoms with E-state index >= 15 is 0 Å². The summed E-state index contributed by atoms with van der Waals surface area (Å²) in [5.74, 6) is -0.362. The van der Waals surface area contributed by atoms with Crippen molar-refractivity contribution in [1.82, 2.24) is 14.8 Å². The van der Waals surface area contributed by atoms with Gasteiger partial charge in [0.25, 0.3) is 0 Å². The molecule has 1 saturated heterocycles. The highest BCUT2D eigenvalue weighted by Gasteiger charge is 2.43. The van der Waals surface area contributed by atoms with Gasteiger partial charge in [-0.05, 0) is 29.8 Å². The Labute approximate surface area is 170 Å². The summed E-state index contributed by atoms with van der Waals surface area (Å²) in [6.45, 7) is 2.65. The van der Waals surface area contributed by atoms with E-state index in [2.05, 4.69) is 19.4 Å². The third-order valence-electron chi connectivity index (χ3n) is 4.48. The standard InChI is InChI=1S/C13H14F2N2O4.C6H6N2O/c14-13(15)20-10-2-1-9(7-11(10)21-13)8-16-3-5-17(6-4-16)12(18)19;7-6(9)5-1-3-8-4-2-5/h1-2,7H,3-6,8H2,(H,18,19);1-4H,(H2,7,9). The molecule has 2 aliphatic rings. The fourth-order valence-electron chi connectivity index (χ4n) is 2.96. The topological polar surface area (TPSA) is 118 Å². The van der Waals surface area contributed by atoms with Gasteiger partial charge in [-0.3, -0.25) is 14.7 Å². The van der Waals surface area contributed by atoms with Gasteiger partial charge in [0.2, 0.25) is 5.91 Å². The number of halogens is 2. The van der Waals surface area contributed by atoms with E-state index < -0.39 is 18.3 Å². The number of carboxylic acid groups (broad SMARTS) is 1. The molecule has 0 atom stereocenters. The number of pyridine rings is 1. The van der Waals surface area contributed by atoms with Gasteiger partial charge in [-0.25, -0.2) is 4.79 Å². The number of rotatable bonds is 3. The van der Waals surface area contributed by atoms with Gasteiger partial charge < -0.3 is 25.2 Å².